The van der Waals surface area contributed by atoms with Gasteiger partial charge in [0.1, 0.15) is 0 Å². The zero-order valence-electron chi connectivity index (χ0n) is 14.6. The van der Waals surface area contributed by atoms with E-state index in [9.17, 15) is 4.79 Å². The van der Waals surface area contributed by atoms with E-state index >= 15 is 0 Å². The summed E-state index contributed by atoms with van der Waals surface area (Å²) in [6.45, 7) is 3.81. The first-order valence-electron chi connectivity index (χ1n) is 9.21. The molecule has 2 saturated heterocycles. The summed E-state index contributed by atoms with van der Waals surface area (Å²) in [6.07, 6.45) is 7.64. The Hall–Kier alpha value is -2.20. The molecule has 0 saturated carbocycles. The lowest BCUT2D eigenvalue weighted by Crippen LogP contribution is -2.52. The monoisotopic (exact) mass is 335 g/mol. The Morgan fingerprint density at radius 2 is 1.68 bits per heavy atom. The maximum Gasteiger partial charge on any atom is 0.223 e. The Morgan fingerprint density at radius 1 is 0.920 bits per heavy atom. The largest absolute Gasteiger partial charge is 0.333 e. The van der Waals surface area contributed by atoms with Crippen molar-refractivity contribution < 1.29 is 4.79 Å². The molecule has 0 unspecified atom stereocenters. The Labute approximate surface area is 149 Å². The third-order valence-corrected chi connectivity index (χ3v) is 5.78. The molecule has 0 atom stereocenters. The molecule has 2 aromatic rings. The van der Waals surface area contributed by atoms with Crippen LogP contribution in [0.4, 0.5) is 0 Å². The fourth-order valence-corrected chi connectivity index (χ4v) is 4.29. The molecule has 1 spiro atoms. The zero-order chi connectivity index (χ0) is 17.1. The van der Waals surface area contributed by atoms with Crippen molar-refractivity contribution in [2.45, 2.75) is 44.3 Å². The van der Waals surface area contributed by atoms with Crippen LogP contribution in [0.1, 0.15) is 36.8 Å². The van der Waals surface area contributed by atoms with E-state index in [2.05, 4.69) is 45.1 Å². The number of hydrogen-bond acceptors (Lipinski definition) is 3. The first kappa shape index (κ1) is 16.3. The number of amides is 1. The molecule has 3 heterocycles. The van der Waals surface area contributed by atoms with Crippen LogP contribution in [0.5, 0.6) is 0 Å². The maximum absolute atomic E-state index is 12.5. The number of carbonyl (C=O) groups is 1. The van der Waals surface area contributed by atoms with Gasteiger partial charge in [-0.05, 0) is 36.5 Å². The summed E-state index contributed by atoms with van der Waals surface area (Å²) < 4.78 is 0. The fourth-order valence-electron chi connectivity index (χ4n) is 4.29. The van der Waals surface area contributed by atoms with Crippen molar-refractivity contribution in [3.63, 3.8) is 0 Å². The van der Waals surface area contributed by atoms with Gasteiger partial charge in [-0.2, -0.15) is 0 Å². The van der Waals surface area contributed by atoms with E-state index in [1.807, 2.05) is 24.5 Å². The van der Waals surface area contributed by atoms with Crippen LogP contribution < -0.4 is 0 Å². The van der Waals surface area contributed by atoms with E-state index in [1.165, 1.54) is 11.1 Å². The second kappa shape index (κ2) is 6.96. The van der Waals surface area contributed by atoms with Crippen LogP contribution in [-0.4, -0.2) is 39.3 Å². The van der Waals surface area contributed by atoms with Gasteiger partial charge >= 0.3 is 0 Å². The number of hydrogen-bond donors (Lipinski definition) is 0. The summed E-state index contributed by atoms with van der Waals surface area (Å²) in [5.41, 5.74) is 2.57. The van der Waals surface area contributed by atoms with Crippen molar-refractivity contribution in [2.75, 3.05) is 13.1 Å². The third kappa shape index (κ3) is 3.45. The molecule has 4 rings (SSSR count). The second-order valence-corrected chi connectivity index (χ2v) is 7.33. The summed E-state index contributed by atoms with van der Waals surface area (Å²) >= 11 is 0. The Balaban J connectivity index is 1.42. The Bertz CT molecular complexity index is 708. The van der Waals surface area contributed by atoms with Crippen LogP contribution in [0.25, 0.3) is 0 Å². The van der Waals surface area contributed by atoms with Crippen molar-refractivity contribution in [1.29, 1.82) is 0 Å². The highest BCUT2D eigenvalue weighted by Gasteiger charge is 2.46. The number of pyridine rings is 1. The lowest BCUT2D eigenvalue weighted by Gasteiger charge is -2.45. The number of carbonyl (C=O) groups excluding carboxylic acids is 1. The molecule has 130 valence electrons. The van der Waals surface area contributed by atoms with Crippen LogP contribution in [0.2, 0.25) is 0 Å². The van der Waals surface area contributed by atoms with E-state index in [4.69, 9.17) is 0 Å². The van der Waals surface area contributed by atoms with Crippen LogP contribution >= 0.6 is 0 Å². The second-order valence-electron chi connectivity index (χ2n) is 7.33. The third-order valence-electron chi connectivity index (χ3n) is 5.78. The topological polar surface area (TPSA) is 36.4 Å². The molecule has 25 heavy (non-hydrogen) atoms. The molecular formula is C21H25N3O. The molecule has 0 N–H and O–H groups in total. The van der Waals surface area contributed by atoms with Crippen LogP contribution in [0, 0.1) is 0 Å². The van der Waals surface area contributed by atoms with Crippen molar-refractivity contribution in [3.8, 4) is 0 Å². The number of likely N-dealkylation sites (tertiary alicyclic amines) is 2. The van der Waals surface area contributed by atoms with E-state index in [-0.39, 0.29) is 5.54 Å². The van der Waals surface area contributed by atoms with Crippen molar-refractivity contribution in [1.82, 2.24) is 14.8 Å². The van der Waals surface area contributed by atoms with Gasteiger partial charge in [0.05, 0.1) is 0 Å². The minimum Gasteiger partial charge on any atom is -0.333 e. The lowest BCUT2D eigenvalue weighted by molar-refractivity contribution is -0.133. The quantitative estimate of drug-likeness (QED) is 0.861. The molecule has 0 radical (unpaired) electrons. The normalized spacial score (nSPS) is 20.3. The molecular weight excluding hydrogens is 310 g/mol. The SMILES string of the molecule is O=C1CCC2(CCN(Cc3cccnc3)CC2)N1Cc1ccccc1. The molecule has 1 aromatic heterocycles. The summed E-state index contributed by atoms with van der Waals surface area (Å²) in [4.78, 5) is 21.4. The molecule has 0 bridgehead atoms. The molecule has 4 nitrogen and oxygen atoms in total. The highest BCUT2D eigenvalue weighted by Crippen LogP contribution is 2.40. The fraction of sp³-hybridized carbons (Fsp3) is 0.429. The predicted molar refractivity (Wildman–Crippen MR) is 97.7 cm³/mol. The minimum absolute atomic E-state index is 0.0678. The minimum atomic E-state index is 0.0678. The number of aromatic nitrogens is 1. The van der Waals surface area contributed by atoms with Crippen molar-refractivity contribution in [3.05, 3.63) is 66.0 Å². The number of nitrogens with zero attached hydrogens (tertiary/aromatic N) is 3. The highest BCUT2D eigenvalue weighted by atomic mass is 16.2. The van der Waals surface area contributed by atoms with Gasteiger partial charge in [0.2, 0.25) is 5.91 Å². The summed E-state index contributed by atoms with van der Waals surface area (Å²) in [5.74, 6) is 0.324. The van der Waals surface area contributed by atoms with Gasteiger partial charge in [-0.3, -0.25) is 14.7 Å². The molecule has 4 heteroatoms. The van der Waals surface area contributed by atoms with Crippen LogP contribution in [-0.2, 0) is 17.9 Å². The smallest absolute Gasteiger partial charge is 0.223 e. The Morgan fingerprint density at radius 3 is 2.40 bits per heavy atom. The first-order chi connectivity index (χ1) is 12.3. The molecule has 1 aromatic carbocycles. The van der Waals surface area contributed by atoms with Gasteiger partial charge in [0.25, 0.3) is 0 Å². The van der Waals surface area contributed by atoms with Gasteiger partial charge in [0, 0.05) is 50.5 Å². The molecule has 2 aliphatic rings. The van der Waals surface area contributed by atoms with Crippen molar-refractivity contribution in [2.24, 2.45) is 0 Å². The summed E-state index contributed by atoms with van der Waals surface area (Å²) in [7, 11) is 0. The summed E-state index contributed by atoms with van der Waals surface area (Å²) in [6, 6.07) is 14.5. The average molecular weight is 335 g/mol. The van der Waals surface area contributed by atoms with E-state index in [0.717, 1.165) is 45.4 Å². The number of rotatable bonds is 4. The van der Waals surface area contributed by atoms with Gasteiger partial charge in [0.15, 0.2) is 0 Å². The first-order valence-corrected chi connectivity index (χ1v) is 9.21. The lowest BCUT2D eigenvalue weighted by atomic mass is 9.84. The number of benzene rings is 1. The van der Waals surface area contributed by atoms with Gasteiger partial charge in [-0.25, -0.2) is 0 Å². The predicted octanol–water partition coefficient (Wildman–Crippen LogP) is 3.24. The van der Waals surface area contributed by atoms with E-state index in [0.29, 0.717) is 12.3 Å². The van der Waals surface area contributed by atoms with Gasteiger partial charge in [-0.15, -0.1) is 0 Å². The Kier molecular flexibility index (Phi) is 4.53. The average Bonchev–Trinajstić information content (AvgIpc) is 2.95. The molecule has 2 aliphatic heterocycles. The zero-order valence-corrected chi connectivity index (χ0v) is 14.6. The molecule has 2 fully saturated rings. The van der Waals surface area contributed by atoms with Crippen LogP contribution in [0.3, 0.4) is 0 Å². The highest BCUT2D eigenvalue weighted by molar-refractivity contribution is 5.79. The van der Waals surface area contributed by atoms with Crippen LogP contribution in [0.15, 0.2) is 54.9 Å². The van der Waals surface area contributed by atoms with Gasteiger partial charge < -0.3 is 4.90 Å². The van der Waals surface area contributed by atoms with E-state index < -0.39 is 0 Å². The van der Waals surface area contributed by atoms with Gasteiger partial charge in [-0.1, -0.05) is 36.4 Å². The molecule has 1 amide bonds. The molecule has 0 aliphatic carbocycles. The summed E-state index contributed by atoms with van der Waals surface area (Å²) in [5, 5.41) is 0. The number of piperidine rings is 1. The van der Waals surface area contributed by atoms with Crippen molar-refractivity contribution >= 4 is 5.91 Å². The van der Waals surface area contributed by atoms with E-state index in [1.54, 1.807) is 0 Å². The maximum atomic E-state index is 12.5. The standard InChI is InChI=1S/C21H25N3O/c25-20-8-9-21(24(20)17-18-5-2-1-3-6-18)10-13-23(14-11-21)16-19-7-4-12-22-15-19/h1-7,12,15H,8-11,13-14,16-17H2.